The van der Waals surface area contributed by atoms with Gasteiger partial charge in [-0.3, -0.25) is 14.6 Å². The smallest absolute Gasteiger partial charge is 0.255 e. The highest BCUT2D eigenvalue weighted by Gasteiger charge is 2.25. The number of aryl methyl sites for hydroxylation is 1. The van der Waals surface area contributed by atoms with Crippen LogP contribution in [0.3, 0.4) is 0 Å². The number of hydrogen-bond acceptors (Lipinski definition) is 5. The molecule has 4 rings (SSSR count). The summed E-state index contributed by atoms with van der Waals surface area (Å²) in [6.45, 7) is 3.61. The normalized spacial score (nSPS) is 14.2. The number of rotatable bonds is 6. The lowest BCUT2D eigenvalue weighted by Crippen LogP contribution is -2.39. The molecule has 3 aromatic rings. The summed E-state index contributed by atoms with van der Waals surface area (Å²) in [5, 5.41) is 2.92. The first-order chi connectivity index (χ1) is 15.6. The van der Waals surface area contributed by atoms with Crippen LogP contribution >= 0.6 is 0 Å². The molecule has 1 saturated heterocycles. The van der Waals surface area contributed by atoms with Crippen molar-refractivity contribution in [3.05, 3.63) is 89.3 Å². The summed E-state index contributed by atoms with van der Waals surface area (Å²) in [5.41, 5.74) is 2.80. The summed E-state index contributed by atoms with van der Waals surface area (Å²) in [6, 6.07) is 15.0. The van der Waals surface area contributed by atoms with Gasteiger partial charge in [0.05, 0.1) is 23.5 Å². The van der Waals surface area contributed by atoms with Gasteiger partial charge in [0.15, 0.2) is 0 Å². The summed E-state index contributed by atoms with van der Waals surface area (Å²) >= 11 is 0. The molecular weight excluding hydrogens is 402 g/mol. The van der Waals surface area contributed by atoms with E-state index in [0.717, 1.165) is 29.8 Å². The molecule has 7 heteroatoms. The van der Waals surface area contributed by atoms with Gasteiger partial charge in [-0.15, -0.1) is 0 Å². The Hall–Kier alpha value is -3.61. The van der Waals surface area contributed by atoms with Gasteiger partial charge in [0.2, 0.25) is 0 Å². The molecule has 1 fully saturated rings. The number of likely N-dealkylation sites (tertiary alicyclic amines) is 1. The van der Waals surface area contributed by atoms with Crippen LogP contribution in [0.4, 0.5) is 0 Å². The van der Waals surface area contributed by atoms with Gasteiger partial charge in [0.1, 0.15) is 5.82 Å². The number of hydrogen-bond donors (Lipinski definition) is 1. The van der Waals surface area contributed by atoms with Crippen LogP contribution in [0.5, 0.6) is 0 Å². The monoisotopic (exact) mass is 429 g/mol. The Morgan fingerprint density at radius 3 is 2.50 bits per heavy atom. The number of nitrogens with zero attached hydrogens (tertiary/aromatic N) is 4. The minimum atomic E-state index is -0.192. The Morgan fingerprint density at radius 2 is 1.78 bits per heavy atom. The number of carbonyl (C=O) groups is 2. The molecule has 164 valence electrons. The highest BCUT2D eigenvalue weighted by molar-refractivity contribution is 5.95. The van der Waals surface area contributed by atoms with Gasteiger partial charge >= 0.3 is 0 Å². The van der Waals surface area contributed by atoms with Crippen molar-refractivity contribution in [1.29, 1.82) is 0 Å². The molecule has 0 radical (unpaired) electrons. The summed E-state index contributed by atoms with van der Waals surface area (Å²) in [4.78, 5) is 40.5. The zero-order valence-electron chi connectivity index (χ0n) is 18.2. The number of amides is 2. The third-order valence-corrected chi connectivity index (χ3v) is 5.79. The molecule has 0 aliphatic carbocycles. The topological polar surface area (TPSA) is 88.1 Å². The molecule has 0 spiro atoms. The van der Waals surface area contributed by atoms with Gasteiger partial charge in [-0.2, -0.15) is 0 Å². The van der Waals surface area contributed by atoms with Crippen molar-refractivity contribution in [3.63, 3.8) is 0 Å². The van der Waals surface area contributed by atoms with E-state index in [-0.39, 0.29) is 11.8 Å². The third-order valence-electron chi connectivity index (χ3n) is 5.79. The van der Waals surface area contributed by atoms with E-state index in [1.165, 1.54) is 0 Å². The van der Waals surface area contributed by atoms with Gasteiger partial charge in [-0.05, 0) is 56.4 Å². The lowest BCUT2D eigenvalue weighted by Gasteiger charge is -2.32. The van der Waals surface area contributed by atoms with Crippen molar-refractivity contribution >= 4 is 11.8 Å². The first-order valence-electron chi connectivity index (χ1n) is 10.9. The van der Waals surface area contributed by atoms with Crippen molar-refractivity contribution < 1.29 is 9.59 Å². The molecule has 32 heavy (non-hydrogen) atoms. The van der Waals surface area contributed by atoms with Crippen molar-refractivity contribution in [2.45, 2.75) is 32.7 Å². The van der Waals surface area contributed by atoms with Crippen LogP contribution in [-0.4, -0.2) is 44.8 Å². The average Bonchev–Trinajstić information content (AvgIpc) is 2.84. The maximum atomic E-state index is 12.8. The minimum absolute atomic E-state index is 0.0801. The largest absolute Gasteiger partial charge is 0.346 e. The number of benzene rings is 1. The summed E-state index contributed by atoms with van der Waals surface area (Å²) in [7, 11) is 0. The fraction of sp³-hybridized carbons (Fsp3) is 0.320. The van der Waals surface area contributed by atoms with Gasteiger partial charge in [0, 0.05) is 31.0 Å². The van der Waals surface area contributed by atoms with E-state index >= 15 is 0 Å². The van der Waals surface area contributed by atoms with Crippen LogP contribution in [0.15, 0.2) is 60.9 Å². The van der Waals surface area contributed by atoms with Gasteiger partial charge in [-0.25, -0.2) is 9.97 Å². The molecule has 2 amide bonds. The second-order valence-corrected chi connectivity index (χ2v) is 8.09. The molecule has 1 aromatic carbocycles. The number of carbonyl (C=O) groups excluding carboxylic acids is 2. The van der Waals surface area contributed by atoms with Gasteiger partial charge in [-0.1, -0.05) is 24.3 Å². The molecule has 3 heterocycles. The number of nitrogens with one attached hydrogen (secondary N) is 1. The Labute approximate surface area is 187 Å². The quantitative estimate of drug-likeness (QED) is 0.650. The van der Waals surface area contributed by atoms with Crippen LogP contribution in [-0.2, 0) is 13.0 Å². The predicted octanol–water partition coefficient (Wildman–Crippen LogP) is 3.20. The molecule has 1 N–H and O–H groups in total. The first kappa shape index (κ1) is 21.6. The van der Waals surface area contributed by atoms with Crippen molar-refractivity contribution in [1.82, 2.24) is 25.2 Å². The van der Waals surface area contributed by atoms with E-state index in [2.05, 4.69) is 20.3 Å². The first-order valence-corrected chi connectivity index (χ1v) is 10.9. The standard InChI is InChI=1S/C25H27N5O2/c1-18-27-17-22(24(31)28-16-21-9-5-6-12-26-21)23(29-18)15-19-10-13-30(14-11-19)25(32)20-7-3-2-4-8-20/h2-9,12,17,19H,10-11,13-16H2,1H3,(H,28,31). The van der Waals surface area contributed by atoms with E-state index < -0.39 is 0 Å². The molecule has 7 nitrogen and oxygen atoms in total. The lowest BCUT2D eigenvalue weighted by atomic mass is 9.90. The molecule has 0 unspecified atom stereocenters. The van der Waals surface area contributed by atoms with E-state index in [1.54, 1.807) is 12.4 Å². The van der Waals surface area contributed by atoms with E-state index in [1.807, 2.05) is 60.4 Å². The van der Waals surface area contributed by atoms with Gasteiger partial charge < -0.3 is 10.2 Å². The van der Waals surface area contributed by atoms with Gasteiger partial charge in [0.25, 0.3) is 11.8 Å². The molecule has 0 atom stereocenters. The maximum Gasteiger partial charge on any atom is 0.255 e. The highest BCUT2D eigenvalue weighted by atomic mass is 16.2. The fourth-order valence-corrected chi connectivity index (χ4v) is 4.01. The second-order valence-electron chi connectivity index (χ2n) is 8.09. The molecular formula is C25H27N5O2. The van der Waals surface area contributed by atoms with E-state index in [4.69, 9.17) is 0 Å². The Kier molecular flexibility index (Phi) is 6.84. The van der Waals surface area contributed by atoms with E-state index in [9.17, 15) is 9.59 Å². The Morgan fingerprint density at radius 1 is 1.03 bits per heavy atom. The minimum Gasteiger partial charge on any atom is -0.346 e. The Bertz CT molecular complexity index is 1060. The average molecular weight is 430 g/mol. The van der Waals surface area contributed by atoms with Crippen molar-refractivity contribution in [3.8, 4) is 0 Å². The third kappa shape index (κ3) is 5.35. The molecule has 0 saturated carbocycles. The molecule has 1 aliphatic rings. The summed E-state index contributed by atoms with van der Waals surface area (Å²) in [5.74, 6) is 0.906. The summed E-state index contributed by atoms with van der Waals surface area (Å²) < 4.78 is 0. The molecule has 0 bridgehead atoms. The number of pyridine rings is 1. The van der Waals surface area contributed by atoms with Crippen LogP contribution in [0.2, 0.25) is 0 Å². The van der Waals surface area contributed by atoms with Crippen molar-refractivity contribution in [2.75, 3.05) is 13.1 Å². The molecule has 1 aliphatic heterocycles. The SMILES string of the molecule is Cc1ncc(C(=O)NCc2ccccn2)c(CC2CCN(C(=O)c3ccccc3)CC2)n1. The number of aromatic nitrogens is 3. The highest BCUT2D eigenvalue weighted by Crippen LogP contribution is 2.23. The zero-order chi connectivity index (χ0) is 22.3. The van der Waals surface area contributed by atoms with Crippen molar-refractivity contribution in [2.24, 2.45) is 5.92 Å². The lowest BCUT2D eigenvalue weighted by molar-refractivity contribution is 0.0690. The van der Waals surface area contributed by atoms with Crippen LogP contribution < -0.4 is 5.32 Å². The summed E-state index contributed by atoms with van der Waals surface area (Å²) in [6.07, 6.45) is 5.78. The number of piperidine rings is 1. The van der Waals surface area contributed by atoms with E-state index in [0.29, 0.717) is 43.4 Å². The zero-order valence-corrected chi connectivity index (χ0v) is 18.2. The predicted molar refractivity (Wildman–Crippen MR) is 121 cm³/mol. The van der Waals surface area contributed by atoms with Crippen LogP contribution in [0.25, 0.3) is 0 Å². The maximum absolute atomic E-state index is 12.8. The fourth-order valence-electron chi connectivity index (χ4n) is 4.01. The Balaban J connectivity index is 1.37. The van der Waals surface area contributed by atoms with Crippen LogP contribution in [0, 0.1) is 12.8 Å². The van der Waals surface area contributed by atoms with Crippen LogP contribution in [0.1, 0.15) is 50.8 Å². The molecule has 2 aromatic heterocycles. The second kappa shape index (κ2) is 10.1.